The van der Waals surface area contributed by atoms with E-state index in [4.69, 9.17) is 0 Å². The average molecular weight is 328 g/mol. The first-order valence-electron chi connectivity index (χ1n) is 5.96. The van der Waals surface area contributed by atoms with Crippen molar-refractivity contribution < 1.29 is 4.79 Å². The second-order valence-electron chi connectivity index (χ2n) is 3.79. The zero-order chi connectivity index (χ0) is 13.2. The van der Waals surface area contributed by atoms with E-state index in [0.717, 1.165) is 34.5 Å². The number of carbonyl (C=O) groups is 1. The van der Waals surface area contributed by atoms with Crippen molar-refractivity contribution in [3.05, 3.63) is 36.9 Å². The van der Waals surface area contributed by atoms with Gasteiger partial charge < -0.3 is 5.32 Å². The standard InChI is InChI=1S/C14H18BrNOS/c1-2-11-18-13-8-4-3-7-12(13)16-14(17)9-5-6-10-15/h2-4,7-8H,1,5-6,9-11H2,(H,16,17). The molecule has 0 aliphatic rings. The predicted octanol–water partition coefficient (Wildman–Crippen LogP) is 4.47. The van der Waals surface area contributed by atoms with Crippen LogP contribution in [0.4, 0.5) is 5.69 Å². The molecule has 0 aromatic heterocycles. The van der Waals surface area contributed by atoms with Crippen LogP contribution in [0.15, 0.2) is 41.8 Å². The van der Waals surface area contributed by atoms with Crippen molar-refractivity contribution >= 4 is 39.3 Å². The van der Waals surface area contributed by atoms with Crippen LogP contribution in [0.1, 0.15) is 19.3 Å². The van der Waals surface area contributed by atoms with Crippen LogP contribution in [0.2, 0.25) is 0 Å². The Balaban J connectivity index is 2.54. The number of para-hydroxylation sites is 1. The van der Waals surface area contributed by atoms with Crippen molar-refractivity contribution in [2.24, 2.45) is 0 Å². The number of benzene rings is 1. The van der Waals surface area contributed by atoms with E-state index in [1.165, 1.54) is 0 Å². The second-order valence-corrected chi connectivity index (χ2v) is 5.64. The highest BCUT2D eigenvalue weighted by Gasteiger charge is 2.06. The molecule has 1 aromatic carbocycles. The highest BCUT2D eigenvalue weighted by molar-refractivity contribution is 9.09. The number of amides is 1. The van der Waals surface area contributed by atoms with Crippen LogP contribution in [0, 0.1) is 0 Å². The summed E-state index contributed by atoms with van der Waals surface area (Å²) in [4.78, 5) is 12.8. The lowest BCUT2D eigenvalue weighted by molar-refractivity contribution is -0.116. The van der Waals surface area contributed by atoms with Gasteiger partial charge in [0.15, 0.2) is 0 Å². The summed E-state index contributed by atoms with van der Waals surface area (Å²) in [6, 6.07) is 7.87. The average Bonchev–Trinajstić information content (AvgIpc) is 2.38. The van der Waals surface area contributed by atoms with Crippen LogP contribution in [0.5, 0.6) is 0 Å². The number of thioether (sulfide) groups is 1. The number of nitrogens with one attached hydrogen (secondary N) is 1. The summed E-state index contributed by atoms with van der Waals surface area (Å²) in [7, 11) is 0. The van der Waals surface area contributed by atoms with Crippen LogP contribution in [0.25, 0.3) is 0 Å². The van der Waals surface area contributed by atoms with Gasteiger partial charge in [-0.1, -0.05) is 34.1 Å². The lowest BCUT2D eigenvalue weighted by Gasteiger charge is -2.09. The maximum absolute atomic E-state index is 11.8. The molecule has 0 saturated heterocycles. The molecule has 0 unspecified atom stereocenters. The number of rotatable bonds is 8. The number of unbranched alkanes of at least 4 members (excludes halogenated alkanes) is 1. The first-order chi connectivity index (χ1) is 8.77. The lowest BCUT2D eigenvalue weighted by atomic mass is 10.2. The van der Waals surface area contributed by atoms with E-state index in [0.29, 0.717) is 6.42 Å². The van der Waals surface area contributed by atoms with Crippen molar-refractivity contribution in [2.45, 2.75) is 24.2 Å². The van der Waals surface area contributed by atoms with Crippen molar-refractivity contribution in [1.29, 1.82) is 0 Å². The van der Waals surface area contributed by atoms with Crippen LogP contribution in [-0.4, -0.2) is 17.0 Å². The molecule has 1 rings (SSSR count). The van der Waals surface area contributed by atoms with Crippen LogP contribution >= 0.6 is 27.7 Å². The smallest absolute Gasteiger partial charge is 0.224 e. The maximum atomic E-state index is 11.8. The Labute approximate surface area is 121 Å². The van der Waals surface area contributed by atoms with Gasteiger partial charge in [0.1, 0.15) is 0 Å². The third-order valence-corrected chi connectivity index (χ3v) is 3.94. The van der Waals surface area contributed by atoms with Gasteiger partial charge >= 0.3 is 0 Å². The van der Waals surface area contributed by atoms with E-state index in [9.17, 15) is 4.79 Å². The van der Waals surface area contributed by atoms with Crippen LogP contribution in [0.3, 0.4) is 0 Å². The monoisotopic (exact) mass is 327 g/mol. The van der Waals surface area contributed by atoms with E-state index in [1.807, 2.05) is 30.3 Å². The topological polar surface area (TPSA) is 29.1 Å². The summed E-state index contributed by atoms with van der Waals surface area (Å²) in [5.41, 5.74) is 0.896. The summed E-state index contributed by atoms with van der Waals surface area (Å²) in [5.74, 6) is 0.929. The number of halogens is 1. The molecule has 0 fully saturated rings. The fourth-order valence-electron chi connectivity index (χ4n) is 1.44. The van der Waals surface area contributed by atoms with E-state index < -0.39 is 0 Å². The molecule has 18 heavy (non-hydrogen) atoms. The molecule has 98 valence electrons. The summed E-state index contributed by atoms with van der Waals surface area (Å²) in [6.45, 7) is 3.70. The minimum atomic E-state index is 0.0857. The van der Waals surface area contributed by atoms with E-state index in [2.05, 4.69) is 27.8 Å². The van der Waals surface area contributed by atoms with Gasteiger partial charge in [-0.15, -0.1) is 18.3 Å². The molecule has 0 saturated carbocycles. The van der Waals surface area contributed by atoms with Crippen molar-refractivity contribution in [1.82, 2.24) is 0 Å². The van der Waals surface area contributed by atoms with Gasteiger partial charge in [-0.3, -0.25) is 4.79 Å². The molecule has 0 bridgehead atoms. The SMILES string of the molecule is C=CCSc1ccccc1NC(=O)CCCCBr. The Kier molecular flexibility index (Phi) is 7.85. The molecule has 1 amide bonds. The molecule has 4 heteroatoms. The molecule has 0 spiro atoms. The Bertz CT molecular complexity index is 395. The molecule has 0 aliphatic carbocycles. The molecule has 0 heterocycles. The summed E-state index contributed by atoms with van der Waals surface area (Å²) in [5, 5.41) is 3.92. The fourth-order valence-corrected chi connectivity index (χ4v) is 2.58. The van der Waals surface area contributed by atoms with Gasteiger partial charge in [-0.2, -0.15) is 0 Å². The van der Waals surface area contributed by atoms with Crippen molar-refractivity contribution in [2.75, 3.05) is 16.4 Å². The third-order valence-electron chi connectivity index (χ3n) is 2.31. The first kappa shape index (κ1) is 15.3. The minimum absolute atomic E-state index is 0.0857. The predicted molar refractivity (Wildman–Crippen MR) is 83.6 cm³/mol. The zero-order valence-electron chi connectivity index (χ0n) is 10.3. The molecule has 1 aromatic rings. The van der Waals surface area contributed by atoms with E-state index in [-0.39, 0.29) is 5.91 Å². The van der Waals surface area contributed by atoms with Crippen molar-refractivity contribution in [3.63, 3.8) is 0 Å². The Morgan fingerprint density at radius 1 is 1.39 bits per heavy atom. The Morgan fingerprint density at radius 2 is 2.17 bits per heavy atom. The molecule has 1 N–H and O–H groups in total. The Morgan fingerprint density at radius 3 is 2.89 bits per heavy atom. The molecule has 0 atom stereocenters. The van der Waals surface area contributed by atoms with Gasteiger partial charge in [0.25, 0.3) is 0 Å². The number of hydrogen-bond acceptors (Lipinski definition) is 2. The molecular formula is C14H18BrNOS. The molecule has 0 radical (unpaired) electrons. The first-order valence-corrected chi connectivity index (χ1v) is 8.07. The highest BCUT2D eigenvalue weighted by atomic mass is 79.9. The maximum Gasteiger partial charge on any atom is 0.224 e. The summed E-state index contributed by atoms with van der Waals surface area (Å²) in [6.07, 6.45) is 4.38. The van der Waals surface area contributed by atoms with Crippen molar-refractivity contribution in [3.8, 4) is 0 Å². The quantitative estimate of drug-likeness (QED) is 0.330. The number of alkyl halides is 1. The van der Waals surface area contributed by atoms with Gasteiger partial charge in [0, 0.05) is 22.4 Å². The van der Waals surface area contributed by atoms with Gasteiger partial charge in [-0.05, 0) is 25.0 Å². The minimum Gasteiger partial charge on any atom is -0.325 e. The fraction of sp³-hybridized carbons (Fsp3) is 0.357. The summed E-state index contributed by atoms with van der Waals surface area (Å²) < 4.78 is 0. The number of carbonyl (C=O) groups excluding carboxylic acids is 1. The lowest BCUT2D eigenvalue weighted by Crippen LogP contribution is -2.11. The molecule has 2 nitrogen and oxygen atoms in total. The number of anilines is 1. The molecule has 0 aliphatic heterocycles. The van der Waals surface area contributed by atoms with Gasteiger partial charge in [0.05, 0.1) is 5.69 Å². The third kappa shape index (κ3) is 5.74. The number of hydrogen-bond donors (Lipinski definition) is 1. The molecular weight excluding hydrogens is 310 g/mol. The second kappa shape index (κ2) is 9.22. The summed E-state index contributed by atoms with van der Waals surface area (Å²) >= 11 is 5.04. The van der Waals surface area contributed by atoms with Crippen LogP contribution < -0.4 is 5.32 Å². The highest BCUT2D eigenvalue weighted by Crippen LogP contribution is 2.27. The Hall–Kier alpha value is -0.740. The normalized spacial score (nSPS) is 10.1. The van der Waals surface area contributed by atoms with E-state index in [1.54, 1.807) is 11.8 Å². The zero-order valence-corrected chi connectivity index (χ0v) is 12.7. The van der Waals surface area contributed by atoms with Crippen LogP contribution in [-0.2, 0) is 4.79 Å². The largest absolute Gasteiger partial charge is 0.325 e. The van der Waals surface area contributed by atoms with E-state index >= 15 is 0 Å². The van der Waals surface area contributed by atoms with Gasteiger partial charge in [0.2, 0.25) is 5.91 Å². The van der Waals surface area contributed by atoms with Gasteiger partial charge in [-0.25, -0.2) is 0 Å².